The number of hydrogen-bond acceptors (Lipinski definition) is 3. The molecular weight excluding hydrogens is 256 g/mol. The molecule has 2 N–H and O–H groups in total. The Bertz CT molecular complexity index is 793. The highest BCUT2D eigenvalue weighted by Crippen LogP contribution is 2.21. The minimum atomic E-state index is -1.04. The summed E-state index contributed by atoms with van der Waals surface area (Å²) in [7, 11) is 0. The largest absolute Gasteiger partial charge is 0.476 e. The molecule has 2 aromatic heterocycles. The van der Waals surface area contributed by atoms with Crippen molar-refractivity contribution in [1.82, 2.24) is 9.38 Å². The lowest BCUT2D eigenvalue weighted by atomic mass is 10.1. The number of carboxylic acids is 1. The van der Waals surface area contributed by atoms with Crippen LogP contribution in [-0.2, 0) is 6.61 Å². The number of carbonyl (C=O) groups is 1. The van der Waals surface area contributed by atoms with Crippen LogP contribution in [0.25, 0.3) is 16.8 Å². The summed E-state index contributed by atoms with van der Waals surface area (Å²) in [4.78, 5) is 14.9. The molecule has 20 heavy (non-hydrogen) atoms. The molecule has 0 amide bonds. The van der Waals surface area contributed by atoms with Crippen LogP contribution in [0, 0.1) is 0 Å². The Hall–Kier alpha value is -2.66. The van der Waals surface area contributed by atoms with Gasteiger partial charge in [-0.15, -0.1) is 0 Å². The first kappa shape index (κ1) is 12.4. The average Bonchev–Trinajstić information content (AvgIpc) is 2.90. The maximum Gasteiger partial charge on any atom is 0.356 e. The zero-order valence-corrected chi connectivity index (χ0v) is 10.5. The molecule has 0 spiro atoms. The van der Waals surface area contributed by atoms with E-state index < -0.39 is 5.97 Å². The molecule has 0 saturated heterocycles. The van der Waals surface area contributed by atoms with Gasteiger partial charge in [0.05, 0.1) is 6.61 Å². The lowest BCUT2D eigenvalue weighted by molar-refractivity contribution is 0.0691. The summed E-state index contributed by atoms with van der Waals surface area (Å²) in [5.41, 5.74) is 3.33. The van der Waals surface area contributed by atoms with Crippen molar-refractivity contribution in [3.8, 4) is 11.1 Å². The first-order chi connectivity index (χ1) is 9.67. The van der Waals surface area contributed by atoms with Gasteiger partial charge in [0, 0.05) is 12.4 Å². The van der Waals surface area contributed by atoms with Crippen molar-refractivity contribution in [1.29, 1.82) is 0 Å². The van der Waals surface area contributed by atoms with Gasteiger partial charge in [0.1, 0.15) is 5.65 Å². The van der Waals surface area contributed by atoms with Gasteiger partial charge in [0.25, 0.3) is 0 Å². The molecule has 100 valence electrons. The van der Waals surface area contributed by atoms with Crippen molar-refractivity contribution in [2.45, 2.75) is 6.61 Å². The normalized spacial score (nSPS) is 10.8. The summed E-state index contributed by atoms with van der Waals surface area (Å²) >= 11 is 0. The number of aromatic nitrogens is 2. The molecule has 0 aliphatic rings. The standard InChI is InChI=1S/C15H12N2O3/c18-9-10-2-1-3-11(6-10)12-4-5-14-16-13(15(19)20)8-17(14)7-12/h1-8,18H,9H2,(H,19,20). The predicted molar refractivity (Wildman–Crippen MR) is 73.5 cm³/mol. The van der Waals surface area contributed by atoms with Crippen molar-refractivity contribution in [3.63, 3.8) is 0 Å². The highest BCUT2D eigenvalue weighted by molar-refractivity contribution is 5.86. The van der Waals surface area contributed by atoms with Crippen LogP contribution in [0.4, 0.5) is 0 Å². The lowest BCUT2D eigenvalue weighted by Crippen LogP contribution is -1.94. The first-order valence-electron chi connectivity index (χ1n) is 6.09. The molecule has 3 aromatic rings. The number of aliphatic hydroxyl groups excluding tert-OH is 1. The third-order valence-corrected chi connectivity index (χ3v) is 3.11. The first-order valence-corrected chi connectivity index (χ1v) is 6.09. The van der Waals surface area contributed by atoms with Gasteiger partial charge in [-0.2, -0.15) is 0 Å². The Labute approximate surface area is 114 Å². The van der Waals surface area contributed by atoms with E-state index in [2.05, 4.69) is 4.98 Å². The van der Waals surface area contributed by atoms with Gasteiger partial charge in [-0.25, -0.2) is 9.78 Å². The molecule has 2 heterocycles. The second-order valence-corrected chi connectivity index (χ2v) is 4.47. The molecule has 0 bridgehead atoms. The Morgan fingerprint density at radius 2 is 2.00 bits per heavy atom. The molecule has 0 unspecified atom stereocenters. The summed E-state index contributed by atoms with van der Waals surface area (Å²) in [5.74, 6) is -1.04. The monoisotopic (exact) mass is 268 g/mol. The molecule has 0 radical (unpaired) electrons. The van der Waals surface area contributed by atoms with Gasteiger partial charge in [-0.1, -0.05) is 18.2 Å². The van der Waals surface area contributed by atoms with Gasteiger partial charge in [0.2, 0.25) is 0 Å². The van der Waals surface area contributed by atoms with Crippen LogP contribution in [0.5, 0.6) is 0 Å². The van der Waals surface area contributed by atoms with Crippen LogP contribution in [0.15, 0.2) is 48.8 Å². The van der Waals surface area contributed by atoms with E-state index in [1.54, 1.807) is 10.5 Å². The summed E-state index contributed by atoms with van der Waals surface area (Å²) in [6.07, 6.45) is 3.31. The summed E-state index contributed by atoms with van der Waals surface area (Å²) in [6.45, 7) is -0.00960. The SMILES string of the molecule is O=C(O)c1cn2cc(-c3cccc(CO)c3)ccc2n1. The lowest BCUT2D eigenvalue weighted by Gasteiger charge is -2.04. The molecule has 1 aromatic carbocycles. The number of rotatable bonds is 3. The van der Waals surface area contributed by atoms with E-state index in [0.717, 1.165) is 16.7 Å². The molecule has 3 rings (SSSR count). The van der Waals surface area contributed by atoms with Crippen molar-refractivity contribution in [3.05, 3.63) is 60.0 Å². The summed E-state index contributed by atoms with van der Waals surface area (Å²) < 4.78 is 1.68. The van der Waals surface area contributed by atoms with Gasteiger partial charge in [-0.3, -0.25) is 0 Å². The third kappa shape index (κ3) is 2.15. The van der Waals surface area contributed by atoms with E-state index >= 15 is 0 Å². The molecule has 0 aliphatic heterocycles. The number of benzene rings is 1. The number of nitrogens with zero attached hydrogens (tertiary/aromatic N) is 2. The predicted octanol–water partition coefficient (Wildman–Crippen LogP) is 2.19. The van der Waals surface area contributed by atoms with Gasteiger partial charge in [-0.05, 0) is 34.9 Å². The van der Waals surface area contributed by atoms with Crippen LogP contribution < -0.4 is 0 Å². The Morgan fingerprint density at radius 3 is 2.75 bits per heavy atom. The van der Waals surface area contributed by atoms with E-state index in [4.69, 9.17) is 10.2 Å². The third-order valence-electron chi connectivity index (χ3n) is 3.11. The molecule has 0 saturated carbocycles. The van der Waals surface area contributed by atoms with Crippen LogP contribution in [0.3, 0.4) is 0 Å². The molecule has 5 heteroatoms. The second kappa shape index (κ2) is 4.79. The van der Waals surface area contributed by atoms with E-state index in [9.17, 15) is 4.79 Å². The van der Waals surface area contributed by atoms with Gasteiger partial charge >= 0.3 is 5.97 Å². The van der Waals surface area contributed by atoms with Crippen molar-refractivity contribution in [2.75, 3.05) is 0 Å². The van der Waals surface area contributed by atoms with Gasteiger partial charge < -0.3 is 14.6 Å². The van der Waals surface area contributed by atoms with Crippen LogP contribution in [-0.4, -0.2) is 25.6 Å². The minimum Gasteiger partial charge on any atom is -0.476 e. The Morgan fingerprint density at radius 1 is 1.15 bits per heavy atom. The number of fused-ring (bicyclic) bond motifs is 1. The summed E-state index contributed by atoms with van der Waals surface area (Å²) in [6, 6.07) is 11.2. The maximum absolute atomic E-state index is 10.9. The molecule has 0 aliphatic carbocycles. The van der Waals surface area contributed by atoms with E-state index in [1.165, 1.54) is 6.20 Å². The number of aromatic carboxylic acids is 1. The molecule has 0 atom stereocenters. The van der Waals surface area contributed by atoms with E-state index in [0.29, 0.717) is 5.65 Å². The molecular formula is C15H12N2O3. The van der Waals surface area contributed by atoms with Crippen molar-refractivity contribution < 1.29 is 15.0 Å². The Balaban J connectivity index is 2.09. The highest BCUT2D eigenvalue weighted by Gasteiger charge is 2.09. The average molecular weight is 268 g/mol. The van der Waals surface area contributed by atoms with Crippen LogP contribution in [0.1, 0.15) is 16.1 Å². The number of pyridine rings is 1. The fourth-order valence-electron chi connectivity index (χ4n) is 2.11. The number of hydrogen-bond donors (Lipinski definition) is 2. The number of carboxylic acid groups (broad SMARTS) is 1. The van der Waals surface area contributed by atoms with Crippen molar-refractivity contribution in [2.24, 2.45) is 0 Å². The Kier molecular flexibility index (Phi) is 2.96. The maximum atomic E-state index is 10.9. The molecule has 0 fully saturated rings. The highest BCUT2D eigenvalue weighted by atomic mass is 16.4. The van der Waals surface area contributed by atoms with Crippen molar-refractivity contribution >= 4 is 11.6 Å². The fraction of sp³-hybridized carbons (Fsp3) is 0.0667. The van der Waals surface area contributed by atoms with E-state index in [-0.39, 0.29) is 12.3 Å². The zero-order valence-electron chi connectivity index (χ0n) is 10.5. The van der Waals surface area contributed by atoms with Crippen LogP contribution in [0.2, 0.25) is 0 Å². The topological polar surface area (TPSA) is 74.8 Å². The number of imidazole rings is 1. The van der Waals surface area contributed by atoms with E-state index in [1.807, 2.05) is 36.5 Å². The minimum absolute atomic E-state index is 0.00960. The fourth-order valence-corrected chi connectivity index (χ4v) is 2.11. The zero-order chi connectivity index (χ0) is 14.1. The quantitative estimate of drug-likeness (QED) is 0.763. The molecule has 5 nitrogen and oxygen atoms in total. The second-order valence-electron chi connectivity index (χ2n) is 4.47. The van der Waals surface area contributed by atoms with Gasteiger partial charge in [0.15, 0.2) is 5.69 Å². The summed E-state index contributed by atoms with van der Waals surface area (Å²) in [5, 5.41) is 18.1. The van der Waals surface area contributed by atoms with Crippen LogP contribution >= 0.6 is 0 Å². The smallest absolute Gasteiger partial charge is 0.356 e. The number of aliphatic hydroxyl groups is 1.